The first-order valence-corrected chi connectivity index (χ1v) is 5.47. The summed E-state index contributed by atoms with van der Waals surface area (Å²) in [5, 5.41) is 9.28. The molecule has 0 amide bonds. The van der Waals surface area contributed by atoms with E-state index in [1.165, 1.54) is 0 Å². The minimum Gasteiger partial charge on any atom is -0.481 e. The van der Waals surface area contributed by atoms with Crippen LogP contribution in [0.3, 0.4) is 0 Å². The summed E-state index contributed by atoms with van der Waals surface area (Å²) in [5.41, 5.74) is -0.659. The molecule has 0 spiro atoms. The molecule has 0 bridgehead atoms. The van der Waals surface area contributed by atoms with Gasteiger partial charge in [0.1, 0.15) is 0 Å². The summed E-state index contributed by atoms with van der Waals surface area (Å²) in [5.74, 6) is -0.718. The van der Waals surface area contributed by atoms with E-state index in [9.17, 15) is 9.90 Å². The first-order chi connectivity index (χ1) is 7.13. The van der Waals surface area contributed by atoms with Crippen molar-refractivity contribution in [1.82, 2.24) is 0 Å². The second-order valence-corrected chi connectivity index (χ2v) is 4.17. The molecule has 2 atom stereocenters. The molecule has 88 valence electrons. The molecule has 4 nitrogen and oxygen atoms in total. The van der Waals surface area contributed by atoms with E-state index in [1.54, 1.807) is 7.11 Å². The van der Waals surface area contributed by atoms with Crippen LogP contribution in [-0.2, 0) is 14.3 Å². The Hall–Kier alpha value is -0.610. The fourth-order valence-corrected chi connectivity index (χ4v) is 2.18. The van der Waals surface area contributed by atoms with E-state index in [0.29, 0.717) is 26.1 Å². The Balaban J connectivity index is 2.47. The average molecular weight is 216 g/mol. The van der Waals surface area contributed by atoms with Gasteiger partial charge in [0, 0.05) is 20.3 Å². The van der Waals surface area contributed by atoms with Crippen molar-refractivity contribution in [3.05, 3.63) is 0 Å². The summed E-state index contributed by atoms with van der Waals surface area (Å²) in [6.07, 6.45) is 2.95. The SMILES string of the molecule is COCCCCC1(C(=O)O)CCOC1C. The number of carboxylic acid groups (broad SMARTS) is 1. The van der Waals surface area contributed by atoms with E-state index in [-0.39, 0.29) is 6.10 Å². The van der Waals surface area contributed by atoms with Crippen molar-refractivity contribution < 1.29 is 19.4 Å². The number of unbranched alkanes of at least 4 members (excludes halogenated alkanes) is 1. The predicted molar refractivity (Wildman–Crippen MR) is 55.8 cm³/mol. The van der Waals surface area contributed by atoms with Gasteiger partial charge >= 0.3 is 5.97 Å². The maximum absolute atomic E-state index is 11.3. The van der Waals surface area contributed by atoms with Crippen LogP contribution >= 0.6 is 0 Å². The van der Waals surface area contributed by atoms with E-state index in [4.69, 9.17) is 9.47 Å². The van der Waals surface area contributed by atoms with Gasteiger partial charge in [-0.15, -0.1) is 0 Å². The van der Waals surface area contributed by atoms with Crippen molar-refractivity contribution in [3.63, 3.8) is 0 Å². The largest absolute Gasteiger partial charge is 0.481 e. The molecule has 0 aromatic carbocycles. The van der Waals surface area contributed by atoms with E-state index in [0.717, 1.165) is 12.8 Å². The third-order valence-corrected chi connectivity index (χ3v) is 3.34. The molecule has 1 aliphatic heterocycles. The first-order valence-electron chi connectivity index (χ1n) is 5.47. The zero-order chi connectivity index (χ0) is 11.3. The van der Waals surface area contributed by atoms with E-state index >= 15 is 0 Å². The van der Waals surface area contributed by atoms with Crippen LogP contribution in [0.2, 0.25) is 0 Å². The molecule has 1 rings (SSSR count). The van der Waals surface area contributed by atoms with Gasteiger partial charge in [0.25, 0.3) is 0 Å². The average Bonchev–Trinajstić information content (AvgIpc) is 2.56. The number of carbonyl (C=O) groups is 1. The van der Waals surface area contributed by atoms with Gasteiger partial charge in [0.05, 0.1) is 11.5 Å². The normalized spacial score (nSPS) is 30.7. The topological polar surface area (TPSA) is 55.8 Å². The Morgan fingerprint density at radius 3 is 2.80 bits per heavy atom. The summed E-state index contributed by atoms with van der Waals surface area (Å²) < 4.78 is 10.3. The maximum Gasteiger partial charge on any atom is 0.312 e. The molecule has 0 radical (unpaired) electrons. The lowest BCUT2D eigenvalue weighted by molar-refractivity contribution is -0.152. The predicted octanol–water partition coefficient (Wildman–Crippen LogP) is 1.68. The first kappa shape index (κ1) is 12.5. The molecular formula is C11H20O4. The second kappa shape index (κ2) is 5.47. The molecule has 0 aliphatic carbocycles. The molecular weight excluding hydrogens is 196 g/mol. The molecule has 1 aliphatic rings. The van der Waals surface area contributed by atoms with Crippen molar-refractivity contribution in [2.24, 2.45) is 5.41 Å². The number of ether oxygens (including phenoxy) is 2. The molecule has 0 saturated carbocycles. The summed E-state index contributed by atoms with van der Waals surface area (Å²) in [4.78, 5) is 11.3. The van der Waals surface area contributed by atoms with Gasteiger partial charge in [0.2, 0.25) is 0 Å². The van der Waals surface area contributed by atoms with Crippen molar-refractivity contribution in [1.29, 1.82) is 0 Å². The van der Waals surface area contributed by atoms with Gasteiger partial charge in [-0.05, 0) is 32.6 Å². The van der Waals surface area contributed by atoms with Crippen LogP contribution in [0.15, 0.2) is 0 Å². The highest BCUT2D eigenvalue weighted by atomic mass is 16.5. The highest BCUT2D eigenvalue weighted by molar-refractivity contribution is 5.75. The standard InChI is InChI=1S/C11H20O4/c1-9-11(10(12)13,6-8-15-9)5-3-4-7-14-2/h9H,3-8H2,1-2H3,(H,12,13). The van der Waals surface area contributed by atoms with Crippen molar-refractivity contribution in [3.8, 4) is 0 Å². The van der Waals surface area contributed by atoms with Crippen LogP contribution < -0.4 is 0 Å². The van der Waals surface area contributed by atoms with Gasteiger partial charge in [-0.25, -0.2) is 0 Å². The van der Waals surface area contributed by atoms with Crippen LogP contribution in [0.25, 0.3) is 0 Å². The van der Waals surface area contributed by atoms with Crippen LogP contribution in [0.5, 0.6) is 0 Å². The molecule has 0 aromatic rings. The lowest BCUT2D eigenvalue weighted by Gasteiger charge is -2.27. The zero-order valence-electron chi connectivity index (χ0n) is 9.49. The molecule has 2 unspecified atom stereocenters. The highest BCUT2D eigenvalue weighted by Gasteiger charge is 2.47. The van der Waals surface area contributed by atoms with Gasteiger partial charge < -0.3 is 14.6 Å². The Kier molecular flexibility index (Phi) is 4.54. The number of methoxy groups -OCH3 is 1. The van der Waals surface area contributed by atoms with Crippen molar-refractivity contribution in [2.75, 3.05) is 20.3 Å². The van der Waals surface area contributed by atoms with Gasteiger partial charge in [0.15, 0.2) is 0 Å². The Labute approximate surface area is 90.6 Å². The number of aliphatic carboxylic acids is 1. The van der Waals surface area contributed by atoms with E-state index in [2.05, 4.69) is 0 Å². The maximum atomic E-state index is 11.3. The van der Waals surface area contributed by atoms with E-state index < -0.39 is 11.4 Å². The molecule has 1 saturated heterocycles. The minimum atomic E-state index is -0.718. The summed E-state index contributed by atoms with van der Waals surface area (Å²) in [7, 11) is 1.66. The monoisotopic (exact) mass is 216 g/mol. The molecule has 1 heterocycles. The Morgan fingerprint density at radius 2 is 2.33 bits per heavy atom. The number of hydrogen-bond acceptors (Lipinski definition) is 3. The van der Waals surface area contributed by atoms with Crippen LogP contribution in [0.1, 0.15) is 32.6 Å². The lowest BCUT2D eigenvalue weighted by atomic mass is 9.77. The summed E-state index contributed by atoms with van der Waals surface area (Å²) >= 11 is 0. The number of carboxylic acids is 1. The zero-order valence-corrected chi connectivity index (χ0v) is 9.49. The Morgan fingerprint density at radius 1 is 1.60 bits per heavy atom. The lowest BCUT2D eigenvalue weighted by Crippen LogP contribution is -2.37. The smallest absolute Gasteiger partial charge is 0.312 e. The highest BCUT2D eigenvalue weighted by Crippen LogP contribution is 2.39. The third kappa shape index (κ3) is 2.69. The third-order valence-electron chi connectivity index (χ3n) is 3.34. The molecule has 1 N–H and O–H groups in total. The minimum absolute atomic E-state index is 0.169. The molecule has 1 fully saturated rings. The van der Waals surface area contributed by atoms with Crippen molar-refractivity contribution in [2.45, 2.75) is 38.7 Å². The fraction of sp³-hybridized carbons (Fsp3) is 0.909. The fourth-order valence-electron chi connectivity index (χ4n) is 2.18. The van der Waals surface area contributed by atoms with Gasteiger partial charge in [-0.3, -0.25) is 4.79 Å². The quantitative estimate of drug-likeness (QED) is 0.686. The Bertz CT molecular complexity index is 217. The van der Waals surface area contributed by atoms with Crippen LogP contribution in [0.4, 0.5) is 0 Å². The summed E-state index contributed by atoms with van der Waals surface area (Å²) in [6.45, 7) is 3.13. The number of rotatable bonds is 6. The van der Waals surface area contributed by atoms with Gasteiger partial charge in [-0.2, -0.15) is 0 Å². The molecule has 15 heavy (non-hydrogen) atoms. The second-order valence-electron chi connectivity index (χ2n) is 4.17. The van der Waals surface area contributed by atoms with Crippen molar-refractivity contribution >= 4 is 5.97 Å². The van der Waals surface area contributed by atoms with Crippen LogP contribution in [-0.4, -0.2) is 37.5 Å². The molecule has 4 heteroatoms. The van der Waals surface area contributed by atoms with Crippen LogP contribution in [0, 0.1) is 5.41 Å². The van der Waals surface area contributed by atoms with E-state index in [1.807, 2.05) is 6.92 Å². The van der Waals surface area contributed by atoms with Gasteiger partial charge in [-0.1, -0.05) is 0 Å². The number of hydrogen-bond donors (Lipinski definition) is 1. The summed E-state index contributed by atoms with van der Waals surface area (Å²) in [6, 6.07) is 0. The molecule has 0 aromatic heterocycles.